The number of nitrogens with zero attached hydrogens (tertiary/aromatic N) is 2. The number of aliphatic imine (C=N–C) groups is 1. The molecule has 3 aromatic rings. The molecule has 0 bridgehead atoms. The Hall–Kier alpha value is -3.45. The Morgan fingerprint density at radius 3 is 2.83 bits per heavy atom. The van der Waals surface area contributed by atoms with Gasteiger partial charge in [-0.1, -0.05) is 43.2 Å². The van der Waals surface area contributed by atoms with Gasteiger partial charge in [0.15, 0.2) is 12.8 Å². The van der Waals surface area contributed by atoms with Crippen LogP contribution in [0.25, 0.3) is 22.2 Å². The van der Waals surface area contributed by atoms with Crippen molar-refractivity contribution in [1.29, 1.82) is 0 Å². The van der Waals surface area contributed by atoms with E-state index in [1.807, 2.05) is 54.6 Å². The Morgan fingerprint density at radius 1 is 1.17 bits per heavy atom. The number of fused-ring (bicyclic) bond motifs is 1. The van der Waals surface area contributed by atoms with Gasteiger partial charge in [0.2, 0.25) is 6.41 Å². The number of carbonyl (C=O) groups excluding carboxylic acids is 1. The topological polar surface area (TPSA) is 98.8 Å². The molecule has 30 heavy (non-hydrogen) atoms. The van der Waals surface area contributed by atoms with Crippen molar-refractivity contribution >= 4 is 29.0 Å². The molecule has 7 nitrogen and oxygen atoms in total. The molecular formula is C23H24N4O3. The maximum atomic E-state index is 10.7. The normalized spacial score (nSPS) is 14.7. The predicted molar refractivity (Wildman–Crippen MR) is 116 cm³/mol. The first-order valence-corrected chi connectivity index (χ1v) is 10.0. The Balaban J connectivity index is 1.60. The van der Waals surface area contributed by atoms with Crippen molar-refractivity contribution in [1.82, 2.24) is 10.3 Å². The number of hydrogen-bond donors (Lipinski definition) is 2. The zero-order valence-electron chi connectivity index (χ0n) is 16.6. The van der Waals surface area contributed by atoms with E-state index in [0.29, 0.717) is 24.0 Å². The molecule has 1 aromatic heterocycles. The van der Waals surface area contributed by atoms with E-state index in [2.05, 4.69) is 10.3 Å². The minimum absolute atomic E-state index is 0.0217. The molecule has 1 amide bonds. The Bertz CT molecular complexity index is 1060. The fraction of sp³-hybridized carbons (Fsp3) is 0.261. The van der Waals surface area contributed by atoms with Crippen molar-refractivity contribution < 1.29 is 14.3 Å². The van der Waals surface area contributed by atoms with E-state index < -0.39 is 0 Å². The molecule has 154 valence electrons. The summed E-state index contributed by atoms with van der Waals surface area (Å²) in [6, 6.07) is 17.2. The molecule has 1 aliphatic carbocycles. The quantitative estimate of drug-likeness (QED) is 0.269. The lowest BCUT2D eigenvalue weighted by Crippen LogP contribution is -2.29. The van der Waals surface area contributed by atoms with E-state index in [1.54, 1.807) is 0 Å². The van der Waals surface area contributed by atoms with Gasteiger partial charge in [-0.3, -0.25) is 10.1 Å². The van der Waals surface area contributed by atoms with Crippen LogP contribution in [0.5, 0.6) is 5.75 Å². The molecule has 4 rings (SSSR count). The summed E-state index contributed by atoms with van der Waals surface area (Å²) >= 11 is 0. The van der Waals surface area contributed by atoms with Gasteiger partial charge >= 0.3 is 0 Å². The van der Waals surface area contributed by atoms with E-state index in [1.165, 1.54) is 12.8 Å². The van der Waals surface area contributed by atoms with E-state index >= 15 is 0 Å². The number of guanidine groups is 1. The van der Waals surface area contributed by atoms with Gasteiger partial charge in [-0.05, 0) is 37.1 Å². The Labute approximate surface area is 174 Å². The van der Waals surface area contributed by atoms with Crippen LogP contribution in [0.2, 0.25) is 0 Å². The zero-order chi connectivity index (χ0) is 20.8. The summed E-state index contributed by atoms with van der Waals surface area (Å²) in [5.41, 5.74) is 8.80. The van der Waals surface area contributed by atoms with Gasteiger partial charge < -0.3 is 15.2 Å². The third-order valence-corrected chi connectivity index (χ3v) is 5.10. The first-order valence-electron chi connectivity index (χ1n) is 10.0. The average Bonchev–Trinajstić information content (AvgIpc) is 3.28. The van der Waals surface area contributed by atoms with Crippen molar-refractivity contribution in [2.45, 2.75) is 31.8 Å². The number of amides is 1. The molecule has 0 saturated heterocycles. The molecule has 2 aromatic carbocycles. The standard InChI is InChI=1S/C23H24N4O3/c24-23(25-14-28)27-22-13-21(26-20-11-4-3-10-19(20)22)16-6-5-9-18(12-16)30-15-29-17-7-1-2-8-17/h3-6,9-14,17H,1-2,7-8,15H2,(H3,24,25,26,27,28). The Kier molecular flexibility index (Phi) is 6.20. The number of carbonyl (C=O) groups is 1. The van der Waals surface area contributed by atoms with Gasteiger partial charge in [0.05, 0.1) is 23.0 Å². The lowest BCUT2D eigenvalue weighted by atomic mass is 10.1. The highest BCUT2D eigenvalue weighted by Crippen LogP contribution is 2.31. The van der Waals surface area contributed by atoms with Crippen LogP contribution >= 0.6 is 0 Å². The number of benzene rings is 2. The monoisotopic (exact) mass is 404 g/mol. The maximum Gasteiger partial charge on any atom is 0.213 e. The smallest absolute Gasteiger partial charge is 0.213 e. The number of ether oxygens (including phenoxy) is 2. The van der Waals surface area contributed by atoms with E-state index in [-0.39, 0.29) is 12.8 Å². The maximum absolute atomic E-state index is 10.7. The number of para-hydroxylation sites is 1. The SMILES string of the molecule is NC(=Nc1cc(-c2cccc(OCOC3CCCC3)c2)nc2ccccc12)NC=O. The van der Waals surface area contributed by atoms with Crippen LogP contribution in [0.3, 0.4) is 0 Å². The van der Waals surface area contributed by atoms with Gasteiger partial charge in [0.1, 0.15) is 5.75 Å². The van der Waals surface area contributed by atoms with Gasteiger partial charge in [-0.15, -0.1) is 0 Å². The molecule has 0 spiro atoms. The molecular weight excluding hydrogens is 380 g/mol. The first-order chi connectivity index (χ1) is 14.7. The molecule has 0 unspecified atom stereocenters. The minimum Gasteiger partial charge on any atom is -0.468 e. The largest absolute Gasteiger partial charge is 0.468 e. The number of aromatic nitrogens is 1. The van der Waals surface area contributed by atoms with Crippen molar-refractivity contribution in [2.24, 2.45) is 10.7 Å². The molecule has 3 N–H and O–H groups in total. The lowest BCUT2D eigenvalue weighted by molar-refractivity contribution is -0.108. The van der Waals surface area contributed by atoms with Crippen molar-refractivity contribution in [2.75, 3.05) is 6.79 Å². The van der Waals surface area contributed by atoms with Crippen molar-refractivity contribution in [3.05, 3.63) is 54.6 Å². The van der Waals surface area contributed by atoms with Crippen LogP contribution in [0.1, 0.15) is 25.7 Å². The number of rotatable bonds is 7. The second kappa shape index (κ2) is 9.37. The van der Waals surface area contributed by atoms with Crippen LogP contribution in [0.15, 0.2) is 59.6 Å². The molecule has 1 fully saturated rings. The Morgan fingerprint density at radius 2 is 2.00 bits per heavy atom. The summed E-state index contributed by atoms with van der Waals surface area (Å²) in [7, 11) is 0. The highest BCUT2D eigenvalue weighted by molar-refractivity contribution is 5.97. The van der Waals surface area contributed by atoms with Gasteiger partial charge in [0.25, 0.3) is 0 Å². The van der Waals surface area contributed by atoms with Crippen molar-refractivity contribution in [3.63, 3.8) is 0 Å². The first kappa shape index (κ1) is 19.8. The van der Waals surface area contributed by atoms with E-state index in [4.69, 9.17) is 20.2 Å². The summed E-state index contributed by atoms with van der Waals surface area (Å²) < 4.78 is 11.6. The number of hydrogen-bond acceptors (Lipinski definition) is 5. The summed E-state index contributed by atoms with van der Waals surface area (Å²) in [6.45, 7) is 0.239. The van der Waals surface area contributed by atoms with Gasteiger partial charge in [-0.25, -0.2) is 9.98 Å². The summed E-state index contributed by atoms with van der Waals surface area (Å²) in [5.74, 6) is 0.737. The molecule has 1 heterocycles. The van der Waals surface area contributed by atoms with Crippen LogP contribution in [-0.2, 0) is 9.53 Å². The molecule has 0 atom stereocenters. The van der Waals surface area contributed by atoms with Crippen LogP contribution in [-0.4, -0.2) is 30.3 Å². The van der Waals surface area contributed by atoms with Gasteiger partial charge in [0, 0.05) is 10.9 Å². The summed E-state index contributed by atoms with van der Waals surface area (Å²) in [5, 5.41) is 3.21. The summed E-state index contributed by atoms with van der Waals surface area (Å²) in [6.07, 6.45) is 5.47. The van der Waals surface area contributed by atoms with Crippen LogP contribution in [0.4, 0.5) is 5.69 Å². The lowest BCUT2D eigenvalue weighted by Gasteiger charge is -2.13. The summed E-state index contributed by atoms with van der Waals surface area (Å²) in [4.78, 5) is 19.8. The second-order valence-corrected chi connectivity index (χ2v) is 7.17. The highest BCUT2D eigenvalue weighted by atomic mass is 16.7. The molecule has 7 heteroatoms. The van der Waals surface area contributed by atoms with Crippen LogP contribution in [0, 0.1) is 0 Å². The highest BCUT2D eigenvalue weighted by Gasteiger charge is 2.15. The number of nitrogens with two attached hydrogens (primary N) is 1. The molecule has 0 radical (unpaired) electrons. The third-order valence-electron chi connectivity index (χ3n) is 5.10. The second-order valence-electron chi connectivity index (χ2n) is 7.17. The fourth-order valence-electron chi connectivity index (χ4n) is 3.62. The predicted octanol–water partition coefficient (Wildman–Crippen LogP) is 3.89. The fourth-order valence-corrected chi connectivity index (χ4v) is 3.62. The third kappa shape index (κ3) is 4.75. The molecule has 0 aliphatic heterocycles. The molecule has 1 aliphatic rings. The van der Waals surface area contributed by atoms with E-state index in [0.717, 1.165) is 35.0 Å². The number of nitrogens with one attached hydrogen (secondary N) is 1. The minimum atomic E-state index is 0.0217. The van der Waals surface area contributed by atoms with E-state index in [9.17, 15) is 4.79 Å². The van der Waals surface area contributed by atoms with Gasteiger partial charge in [-0.2, -0.15) is 0 Å². The van der Waals surface area contributed by atoms with Crippen molar-refractivity contribution in [3.8, 4) is 17.0 Å². The average molecular weight is 404 g/mol. The number of pyridine rings is 1. The zero-order valence-corrected chi connectivity index (χ0v) is 16.6. The molecule has 1 saturated carbocycles. The van der Waals surface area contributed by atoms with Crippen LogP contribution < -0.4 is 15.8 Å².